The third-order valence-electron chi connectivity index (χ3n) is 6.42. The van der Waals surface area contributed by atoms with Crippen LogP contribution in [0.4, 0.5) is 11.4 Å². The molecule has 3 nitrogen and oxygen atoms in total. The van der Waals surface area contributed by atoms with Crippen LogP contribution in [0.3, 0.4) is 0 Å². The maximum atomic E-state index is 3.62. The first kappa shape index (κ1) is 21.5. The molecule has 1 aromatic heterocycles. The topological polar surface area (TPSA) is 10.4 Å². The van der Waals surface area contributed by atoms with Gasteiger partial charge in [0.2, 0.25) is 5.52 Å². The van der Waals surface area contributed by atoms with Gasteiger partial charge in [0.05, 0.1) is 12.1 Å². The van der Waals surface area contributed by atoms with Gasteiger partial charge in [0, 0.05) is 41.1 Å². The molecule has 0 saturated heterocycles. The minimum atomic E-state index is 0. The lowest BCUT2D eigenvalue weighted by Crippen LogP contribution is -3.00. The van der Waals surface area contributed by atoms with Crippen molar-refractivity contribution in [2.24, 2.45) is 7.05 Å². The summed E-state index contributed by atoms with van der Waals surface area (Å²) >= 11 is 3.62. The Kier molecular flexibility index (Phi) is 5.72. The van der Waals surface area contributed by atoms with Gasteiger partial charge in [-0.15, -0.1) is 0 Å². The third kappa shape index (κ3) is 3.71. The molecule has 0 atom stereocenters. The van der Waals surface area contributed by atoms with E-state index in [4.69, 9.17) is 0 Å². The summed E-state index contributed by atoms with van der Waals surface area (Å²) in [6, 6.07) is 24.3. The van der Waals surface area contributed by atoms with E-state index in [9.17, 15) is 0 Å². The fourth-order valence-corrected chi connectivity index (χ4v) is 5.30. The summed E-state index contributed by atoms with van der Waals surface area (Å²) in [6.07, 6.45) is 6.61. The molecule has 0 N–H and O–H groups in total. The van der Waals surface area contributed by atoms with Gasteiger partial charge in [0.15, 0.2) is 6.20 Å². The lowest BCUT2D eigenvalue weighted by molar-refractivity contribution is -0.644. The van der Waals surface area contributed by atoms with Crippen molar-refractivity contribution in [3.8, 4) is 0 Å². The van der Waals surface area contributed by atoms with Crippen molar-refractivity contribution in [3.05, 3.63) is 99.7 Å². The molecule has 0 unspecified atom stereocenters. The molecule has 3 heterocycles. The first-order valence-corrected chi connectivity index (χ1v) is 11.4. The van der Waals surface area contributed by atoms with Crippen LogP contribution in [0.25, 0.3) is 23.1 Å². The summed E-state index contributed by atoms with van der Waals surface area (Å²) in [6.45, 7) is 2.87. The third-order valence-corrected chi connectivity index (χ3v) is 6.91. The molecule has 4 aromatic rings. The molecule has 2 aliphatic rings. The number of nitrogens with zero attached hydrogens (tertiary/aromatic N) is 3. The number of hydrogen-bond acceptors (Lipinski definition) is 2. The molecular formula is C27H23BrIN3. The zero-order valence-electron chi connectivity index (χ0n) is 17.8. The molecule has 2 aliphatic heterocycles. The maximum absolute atomic E-state index is 3.62. The molecule has 3 aromatic carbocycles. The van der Waals surface area contributed by atoms with E-state index in [2.05, 4.69) is 122 Å². The van der Waals surface area contributed by atoms with E-state index >= 15 is 0 Å². The Morgan fingerprint density at radius 2 is 1.56 bits per heavy atom. The van der Waals surface area contributed by atoms with Gasteiger partial charge in [0.1, 0.15) is 7.05 Å². The largest absolute Gasteiger partial charge is 1.00 e. The summed E-state index contributed by atoms with van der Waals surface area (Å²) in [5, 5.41) is 1.27. The molecule has 0 amide bonds. The van der Waals surface area contributed by atoms with Gasteiger partial charge >= 0.3 is 0 Å². The van der Waals surface area contributed by atoms with Gasteiger partial charge < -0.3 is 33.8 Å². The van der Waals surface area contributed by atoms with Crippen LogP contribution < -0.4 is 38.3 Å². The lowest BCUT2D eigenvalue weighted by atomic mass is 9.99. The van der Waals surface area contributed by atoms with Gasteiger partial charge in [-0.1, -0.05) is 46.3 Å². The number of para-hydroxylation sites is 1. The summed E-state index contributed by atoms with van der Waals surface area (Å²) in [7, 11) is 2.09. The molecule has 0 aliphatic carbocycles. The van der Waals surface area contributed by atoms with Gasteiger partial charge in [-0.3, -0.25) is 0 Å². The molecule has 0 radical (unpaired) electrons. The van der Waals surface area contributed by atoms with E-state index in [0.29, 0.717) is 0 Å². The first-order valence-electron chi connectivity index (χ1n) is 10.6. The van der Waals surface area contributed by atoms with E-state index in [-0.39, 0.29) is 24.0 Å². The Morgan fingerprint density at radius 1 is 0.844 bits per heavy atom. The number of anilines is 2. The second-order valence-electron chi connectivity index (χ2n) is 8.43. The van der Waals surface area contributed by atoms with E-state index in [1.165, 1.54) is 44.5 Å². The highest BCUT2D eigenvalue weighted by Gasteiger charge is 2.29. The highest BCUT2D eigenvalue weighted by atomic mass is 127. The van der Waals surface area contributed by atoms with E-state index in [0.717, 1.165) is 24.2 Å². The average Bonchev–Trinajstić information content (AvgIpc) is 2.78. The number of aromatic nitrogens is 1. The molecule has 6 rings (SSSR count). The van der Waals surface area contributed by atoms with Crippen LogP contribution in [0.1, 0.15) is 22.3 Å². The quantitative estimate of drug-likeness (QED) is 0.261. The minimum Gasteiger partial charge on any atom is -1.00 e. The van der Waals surface area contributed by atoms with Gasteiger partial charge in [-0.05, 0) is 58.7 Å². The van der Waals surface area contributed by atoms with Crippen LogP contribution in [-0.4, -0.2) is 6.67 Å². The van der Waals surface area contributed by atoms with Crippen molar-refractivity contribution in [1.29, 1.82) is 0 Å². The number of benzene rings is 3. The zero-order chi connectivity index (χ0) is 20.9. The molecule has 0 spiro atoms. The Bertz CT molecular complexity index is 1360. The van der Waals surface area contributed by atoms with E-state index in [1.807, 2.05) is 0 Å². The number of fused-ring (bicyclic) bond motifs is 7. The Hall–Kier alpha value is -2.38. The van der Waals surface area contributed by atoms with Gasteiger partial charge in [0.25, 0.3) is 0 Å². The number of pyridine rings is 1. The molecular weight excluding hydrogens is 573 g/mol. The molecule has 5 heteroatoms. The van der Waals surface area contributed by atoms with Crippen LogP contribution in [0.5, 0.6) is 0 Å². The average molecular weight is 596 g/mol. The zero-order valence-corrected chi connectivity index (χ0v) is 21.5. The molecule has 160 valence electrons. The molecule has 0 fully saturated rings. The van der Waals surface area contributed by atoms with Crippen LogP contribution in [0.2, 0.25) is 0 Å². The van der Waals surface area contributed by atoms with Gasteiger partial charge in [-0.2, -0.15) is 0 Å². The van der Waals surface area contributed by atoms with Crippen molar-refractivity contribution in [2.45, 2.75) is 13.1 Å². The lowest BCUT2D eigenvalue weighted by Gasteiger charge is -2.45. The summed E-state index contributed by atoms with van der Waals surface area (Å²) in [5.41, 5.74) is 9.23. The Morgan fingerprint density at radius 3 is 2.38 bits per heavy atom. The van der Waals surface area contributed by atoms with Crippen molar-refractivity contribution in [2.75, 3.05) is 16.5 Å². The predicted octanol–water partition coefficient (Wildman–Crippen LogP) is 2.90. The normalized spacial score (nSPS) is 14.3. The second kappa shape index (κ2) is 8.52. The van der Waals surface area contributed by atoms with Crippen LogP contribution in [0, 0.1) is 0 Å². The highest BCUT2D eigenvalue weighted by molar-refractivity contribution is 9.10. The van der Waals surface area contributed by atoms with Crippen LogP contribution in [0.15, 0.2) is 77.4 Å². The SMILES string of the molecule is C[n+]1ccc(/C=C/c2ccc3c(c2)CN2CN3Cc3cc(Br)ccc32)c2ccccc21.[I-]. The van der Waals surface area contributed by atoms with Crippen LogP contribution in [-0.2, 0) is 20.1 Å². The molecule has 32 heavy (non-hydrogen) atoms. The van der Waals surface area contributed by atoms with Crippen molar-refractivity contribution >= 4 is 50.4 Å². The predicted molar refractivity (Wildman–Crippen MR) is 132 cm³/mol. The Balaban J connectivity index is 0.00000216. The van der Waals surface area contributed by atoms with Crippen molar-refractivity contribution in [1.82, 2.24) is 0 Å². The fourth-order valence-electron chi connectivity index (χ4n) is 4.89. The first-order chi connectivity index (χ1) is 15.2. The summed E-state index contributed by atoms with van der Waals surface area (Å²) < 4.78 is 3.32. The van der Waals surface area contributed by atoms with Crippen LogP contribution >= 0.6 is 15.9 Å². The number of aryl methyl sites for hydroxylation is 1. The summed E-state index contributed by atoms with van der Waals surface area (Å²) in [4.78, 5) is 4.96. The monoisotopic (exact) mass is 595 g/mol. The smallest absolute Gasteiger partial charge is 0.212 e. The number of halogens is 2. The van der Waals surface area contributed by atoms with E-state index in [1.54, 1.807) is 0 Å². The number of hydrogen-bond donors (Lipinski definition) is 0. The molecule has 2 bridgehead atoms. The molecule has 0 saturated carbocycles. The number of rotatable bonds is 2. The second-order valence-corrected chi connectivity index (χ2v) is 9.35. The van der Waals surface area contributed by atoms with Gasteiger partial charge in [-0.25, -0.2) is 4.57 Å². The summed E-state index contributed by atoms with van der Waals surface area (Å²) in [5.74, 6) is 0. The fraction of sp³-hybridized carbons (Fsp3) is 0.148. The highest BCUT2D eigenvalue weighted by Crippen LogP contribution is 2.39. The Labute approximate surface area is 214 Å². The minimum absolute atomic E-state index is 0. The van der Waals surface area contributed by atoms with Crippen molar-refractivity contribution in [3.63, 3.8) is 0 Å². The maximum Gasteiger partial charge on any atom is 0.212 e. The van der Waals surface area contributed by atoms with Crippen molar-refractivity contribution < 1.29 is 28.5 Å². The van der Waals surface area contributed by atoms with E-state index < -0.39 is 0 Å². The standard InChI is InChI=1S/C27H23BrN3.HI/c1-29-13-12-20(24-4-2-3-5-27(24)29)8-6-19-7-10-25-21(14-19)16-30-18-31(25)17-22-15-23(28)9-11-26(22)30;/h2-15H,16-18H2,1H3;1H/q+1;/p-1.